The van der Waals surface area contributed by atoms with Crippen LogP contribution in [-0.4, -0.2) is 30.8 Å². The molecule has 2 heterocycles. The first-order valence-corrected chi connectivity index (χ1v) is 10.4. The minimum Gasteiger partial charge on any atom is -0.476 e. The molecule has 0 saturated heterocycles. The number of aromatic nitrogens is 4. The van der Waals surface area contributed by atoms with Crippen molar-refractivity contribution >= 4 is 29.1 Å². The van der Waals surface area contributed by atoms with Gasteiger partial charge in [-0.15, -0.1) is 21.5 Å². The Labute approximate surface area is 169 Å². The summed E-state index contributed by atoms with van der Waals surface area (Å²) in [6.45, 7) is 0. The molecule has 6 nitrogen and oxygen atoms in total. The topological polar surface area (TPSA) is 80.9 Å². The molecule has 4 aromatic rings. The maximum absolute atomic E-state index is 11.0. The van der Waals surface area contributed by atoms with Gasteiger partial charge in [0.25, 0.3) is 0 Å². The van der Waals surface area contributed by atoms with E-state index in [1.54, 1.807) is 5.38 Å². The number of hydrogen-bond acceptors (Lipinski definition) is 6. The van der Waals surface area contributed by atoms with E-state index in [0.29, 0.717) is 12.2 Å². The Balaban J connectivity index is 1.62. The number of hydrogen-bond donors (Lipinski definition) is 1. The summed E-state index contributed by atoms with van der Waals surface area (Å²) < 4.78 is 2.05. The number of carboxylic acids is 1. The minimum atomic E-state index is -1.01. The van der Waals surface area contributed by atoms with Gasteiger partial charge in [-0.1, -0.05) is 60.3 Å². The summed E-state index contributed by atoms with van der Waals surface area (Å²) in [6, 6.07) is 20.1. The van der Waals surface area contributed by atoms with Crippen molar-refractivity contribution in [3.63, 3.8) is 0 Å². The summed E-state index contributed by atoms with van der Waals surface area (Å²) in [4.78, 5) is 15.2. The zero-order valence-corrected chi connectivity index (χ0v) is 16.4. The van der Waals surface area contributed by atoms with Crippen LogP contribution in [0.4, 0.5) is 0 Å². The van der Waals surface area contributed by atoms with Crippen LogP contribution in [0.1, 0.15) is 26.9 Å². The van der Waals surface area contributed by atoms with Gasteiger partial charge in [0, 0.05) is 17.5 Å². The normalized spacial score (nSPS) is 10.9. The first-order valence-electron chi connectivity index (χ1n) is 8.55. The Morgan fingerprint density at radius 2 is 1.75 bits per heavy atom. The summed E-state index contributed by atoms with van der Waals surface area (Å²) in [5, 5.41) is 20.9. The fourth-order valence-corrected chi connectivity index (χ4v) is 4.48. The highest BCUT2D eigenvalue weighted by Gasteiger charge is 2.16. The molecule has 2 aromatic carbocycles. The maximum atomic E-state index is 11.0. The molecule has 4 rings (SSSR count). The Hall–Kier alpha value is -2.97. The second-order valence-electron chi connectivity index (χ2n) is 5.95. The van der Waals surface area contributed by atoms with Crippen LogP contribution in [0.3, 0.4) is 0 Å². The first kappa shape index (κ1) is 18.4. The summed E-state index contributed by atoms with van der Waals surface area (Å²) >= 11 is 2.83. The van der Waals surface area contributed by atoms with E-state index in [9.17, 15) is 4.79 Å². The van der Waals surface area contributed by atoms with Crippen molar-refractivity contribution in [2.24, 2.45) is 0 Å². The Morgan fingerprint density at radius 1 is 1.04 bits per heavy atom. The number of nitrogens with zero attached hydrogens (tertiary/aromatic N) is 4. The summed E-state index contributed by atoms with van der Waals surface area (Å²) in [7, 11) is 0. The molecular formula is C20H16N4O2S2. The van der Waals surface area contributed by atoms with Gasteiger partial charge in [0.2, 0.25) is 0 Å². The lowest BCUT2D eigenvalue weighted by molar-refractivity contribution is 0.0691. The second-order valence-corrected chi connectivity index (χ2v) is 7.84. The van der Waals surface area contributed by atoms with Crippen LogP contribution in [0.25, 0.3) is 5.69 Å². The number of aromatic carboxylic acids is 1. The van der Waals surface area contributed by atoms with Crippen LogP contribution < -0.4 is 0 Å². The molecule has 0 bridgehead atoms. The minimum absolute atomic E-state index is 0.0786. The van der Waals surface area contributed by atoms with Crippen LogP contribution in [0.5, 0.6) is 0 Å². The molecule has 2 aromatic heterocycles. The zero-order chi connectivity index (χ0) is 19.3. The van der Waals surface area contributed by atoms with Crippen LogP contribution in [0.15, 0.2) is 71.2 Å². The third-order valence-corrected chi connectivity index (χ3v) is 5.99. The predicted octanol–water partition coefficient (Wildman–Crippen LogP) is 4.31. The van der Waals surface area contributed by atoms with Crippen molar-refractivity contribution in [2.75, 3.05) is 0 Å². The Kier molecular flexibility index (Phi) is 5.50. The van der Waals surface area contributed by atoms with Crippen molar-refractivity contribution in [2.45, 2.75) is 17.3 Å². The highest BCUT2D eigenvalue weighted by atomic mass is 32.2. The van der Waals surface area contributed by atoms with Crippen molar-refractivity contribution in [3.8, 4) is 5.69 Å². The van der Waals surface area contributed by atoms with Crippen LogP contribution in [0.2, 0.25) is 0 Å². The van der Waals surface area contributed by atoms with Gasteiger partial charge in [0.05, 0.1) is 5.75 Å². The monoisotopic (exact) mass is 408 g/mol. The third-order valence-electron chi connectivity index (χ3n) is 4.02. The average Bonchev–Trinajstić information content (AvgIpc) is 3.35. The van der Waals surface area contributed by atoms with Crippen molar-refractivity contribution in [1.82, 2.24) is 19.7 Å². The van der Waals surface area contributed by atoms with E-state index < -0.39 is 5.97 Å². The van der Waals surface area contributed by atoms with Gasteiger partial charge >= 0.3 is 5.97 Å². The number of para-hydroxylation sites is 1. The van der Waals surface area contributed by atoms with E-state index in [4.69, 9.17) is 5.11 Å². The number of thiazole rings is 1. The highest BCUT2D eigenvalue weighted by Crippen LogP contribution is 2.27. The van der Waals surface area contributed by atoms with E-state index in [2.05, 4.69) is 27.3 Å². The van der Waals surface area contributed by atoms with Crippen LogP contribution >= 0.6 is 23.1 Å². The number of carboxylic acid groups (broad SMARTS) is 1. The molecule has 1 N–H and O–H groups in total. The van der Waals surface area contributed by atoms with Gasteiger partial charge in [-0.3, -0.25) is 4.57 Å². The third kappa shape index (κ3) is 4.13. The molecule has 0 aliphatic carbocycles. The number of benzene rings is 2. The standard InChI is InChI=1S/C20H16N4O2S2/c25-19(26)16-12-27-18(21-16)13-28-20-23-22-17(11-14-7-3-1-4-8-14)24(20)15-9-5-2-6-10-15/h1-10,12H,11,13H2,(H,25,26). The first-order chi connectivity index (χ1) is 13.7. The van der Waals surface area contributed by atoms with E-state index in [0.717, 1.165) is 27.2 Å². The molecule has 0 aliphatic heterocycles. The molecule has 0 radical (unpaired) electrons. The predicted molar refractivity (Wildman–Crippen MR) is 109 cm³/mol. The van der Waals surface area contributed by atoms with Gasteiger partial charge < -0.3 is 5.11 Å². The fourth-order valence-electron chi connectivity index (χ4n) is 2.72. The molecular weight excluding hydrogens is 392 g/mol. The van der Waals surface area contributed by atoms with E-state index in [1.807, 2.05) is 53.1 Å². The summed E-state index contributed by atoms with van der Waals surface area (Å²) in [5.41, 5.74) is 2.23. The number of rotatable bonds is 7. The number of carbonyl (C=O) groups is 1. The largest absolute Gasteiger partial charge is 0.476 e. The lowest BCUT2D eigenvalue weighted by atomic mass is 10.1. The molecule has 140 valence electrons. The van der Waals surface area contributed by atoms with Crippen LogP contribution in [0, 0.1) is 0 Å². The molecule has 0 atom stereocenters. The lowest BCUT2D eigenvalue weighted by Gasteiger charge is -2.10. The quantitative estimate of drug-likeness (QED) is 0.459. The highest BCUT2D eigenvalue weighted by molar-refractivity contribution is 7.98. The lowest BCUT2D eigenvalue weighted by Crippen LogP contribution is -2.03. The Bertz CT molecular complexity index is 1080. The van der Waals surface area contributed by atoms with E-state index in [1.165, 1.54) is 23.1 Å². The zero-order valence-electron chi connectivity index (χ0n) is 14.7. The van der Waals surface area contributed by atoms with Gasteiger partial charge in [-0.2, -0.15) is 0 Å². The molecule has 0 amide bonds. The van der Waals surface area contributed by atoms with Crippen molar-refractivity contribution in [1.29, 1.82) is 0 Å². The van der Waals surface area contributed by atoms with Crippen molar-refractivity contribution < 1.29 is 9.90 Å². The van der Waals surface area contributed by atoms with Gasteiger partial charge in [0.1, 0.15) is 10.8 Å². The second kappa shape index (κ2) is 8.37. The molecule has 0 aliphatic rings. The van der Waals surface area contributed by atoms with Crippen molar-refractivity contribution in [3.05, 3.63) is 88.1 Å². The molecule has 28 heavy (non-hydrogen) atoms. The fraction of sp³-hybridized carbons (Fsp3) is 0.100. The SMILES string of the molecule is O=C(O)c1csc(CSc2nnc(Cc3ccccc3)n2-c2ccccc2)n1. The summed E-state index contributed by atoms with van der Waals surface area (Å²) in [6.07, 6.45) is 0.670. The van der Waals surface area contributed by atoms with E-state index in [-0.39, 0.29) is 5.69 Å². The van der Waals surface area contributed by atoms with Crippen LogP contribution in [-0.2, 0) is 12.2 Å². The Morgan fingerprint density at radius 3 is 2.43 bits per heavy atom. The molecule has 0 unspecified atom stereocenters. The average molecular weight is 409 g/mol. The number of thioether (sulfide) groups is 1. The maximum Gasteiger partial charge on any atom is 0.355 e. The van der Waals surface area contributed by atoms with Gasteiger partial charge in [-0.25, -0.2) is 9.78 Å². The molecule has 8 heteroatoms. The molecule has 0 fully saturated rings. The van der Waals surface area contributed by atoms with Gasteiger partial charge in [0.15, 0.2) is 10.9 Å². The molecule has 0 spiro atoms. The van der Waals surface area contributed by atoms with Gasteiger partial charge in [-0.05, 0) is 17.7 Å². The smallest absolute Gasteiger partial charge is 0.355 e. The molecule has 0 saturated carbocycles. The van der Waals surface area contributed by atoms with E-state index >= 15 is 0 Å². The summed E-state index contributed by atoms with van der Waals surface area (Å²) in [5.74, 6) is 0.379.